The molecule has 0 fully saturated rings. The van der Waals surface area contributed by atoms with E-state index in [0.717, 1.165) is 10.6 Å². The van der Waals surface area contributed by atoms with Crippen LogP contribution < -0.4 is 4.74 Å². The Bertz CT molecular complexity index is 248. The van der Waals surface area contributed by atoms with Crippen LogP contribution in [0.25, 0.3) is 0 Å². The molecule has 0 aliphatic carbocycles. The molecule has 1 atom stereocenters. The standard InChI is InChI=1S/C9H12O2S/c1-7(10)12-9-5-3-4-8(6-9)11-2/h3-7,10H,1-2H3/t7-/m0/s1. The van der Waals surface area contributed by atoms with Crippen LogP contribution in [0, 0.1) is 0 Å². The molecule has 0 saturated carbocycles. The van der Waals surface area contributed by atoms with Crippen LogP contribution in [0.5, 0.6) is 5.75 Å². The zero-order valence-electron chi connectivity index (χ0n) is 7.15. The molecule has 1 aromatic carbocycles. The van der Waals surface area contributed by atoms with Crippen molar-refractivity contribution in [2.24, 2.45) is 0 Å². The highest BCUT2D eigenvalue weighted by Gasteiger charge is 1.99. The summed E-state index contributed by atoms with van der Waals surface area (Å²) >= 11 is 1.40. The SMILES string of the molecule is COc1cccc(S[C@@H](C)O)c1. The number of aliphatic hydroxyl groups excluding tert-OH is 1. The molecule has 3 heteroatoms. The van der Waals surface area contributed by atoms with E-state index in [1.807, 2.05) is 24.3 Å². The second-order valence-corrected chi connectivity index (χ2v) is 3.79. The van der Waals surface area contributed by atoms with E-state index < -0.39 is 0 Å². The van der Waals surface area contributed by atoms with Gasteiger partial charge >= 0.3 is 0 Å². The Balaban J connectivity index is 2.72. The van der Waals surface area contributed by atoms with Crippen molar-refractivity contribution in [2.75, 3.05) is 7.11 Å². The van der Waals surface area contributed by atoms with Gasteiger partial charge in [-0.3, -0.25) is 0 Å². The zero-order valence-corrected chi connectivity index (χ0v) is 7.97. The third kappa shape index (κ3) is 2.75. The van der Waals surface area contributed by atoms with Crippen LogP contribution in [0.3, 0.4) is 0 Å². The Morgan fingerprint density at radius 3 is 2.83 bits per heavy atom. The van der Waals surface area contributed by atoms with Gasteiger partial charge in [0.05, 0.1) is 7.11 Å². The lowest BCUT2D eigenvalue weighted by molar-refractivity contribution is 0.284. The van der Waals surface area contributed by atoms with Gasteiger partial charge in [0.15, 0.2) is 0 Å². The van der Waals surface area contributed by atoms with Crippen LogP contribution in [-0.2, 0) is 0 Å². The highest BCUT2D eigenvalue weighted by atomic mass is 32.2. The lowest BCUT2D eigenvalue weighted by atomic mass is 10.3. The molecule has 0 bridgehead atoms. The maximum Gasteiger partial charge on any atom is 0.119 e. The molecular weight excluding hydrogens is 172 g/mol. The predicted molar refractivity (Wildman–Crippen MR) is 50.5 cm³/mol. The molecule has 66 valence electrons. The van der Waals surface area contributed by atoms with E-state index in [0.29, 0.717) is 0 Å². The third-order valence-electron chi connectivity index (χ3n) is 1.35. The van der Waals surface area contributed by atoms with E-state index in [9.17, 15) is 0 Å². The fourth-order valence-corrected chi connectivity index (χ4v) is 1.61. The second kappa shape index (κ2) is 4.38. The first-order valence-electron chi connectivity index (χ1n) is 3.71. The van der Waals surface area contributed by atoms with E-state index in [4.69, 9.17) is 9.84 Å². The topological polar surface area (TPSA) is 29.5 Å². The Morgan fingerprint density at radius 2 is 2.25 bits per heavy atom. The lowest BCUT2D eigenvalue weighted by Crippen LogP contribution is -1.91. The van der Waals surface area contributed by atoms with Crippen LogP contribution >= 0.6 is 11.8 Å². The summed E-state index contributed by atoms with van der Waals surface area (Å²) in [6.07, 6.45) is 0. The minimum Gasteiger partial charge on any atom is -0.497 e. The van der Waals surface area contributed by atoms with Gasteiger partial charge < -0.3 is 9.84 Å². The van der Waals surface area contributed by atoms with Gasteiger partial charge in [-0.25, -0.2) is 0 Å². The molecule has 12 heavy (non-hydrogen) atoms. The molecule has 0 heterocycles. The first-order chi connectivity index (χ1) is 5.72. The first kappa shape index (κ1) is 9.42. The summed E-state index contributed by atoms with van der Waals surface area (Å²) in [5.41, 5.74) is -0.378. The van der Waals surface area contributed by atoms with Gasteiger partial charge in [-0.15, -0.1) is 0 Å². The van der Waals surface area contributed by atoms with E-state index >= 15 is 0 Å². The average Bonchev–Trinajstić information content (AvgIpc) is 2.03. The number of thioether (sulfide) groups is 1. The third-order valence-corrected chi connectivity index (χ3v) is 2.22. The lowest BCUT2D eigenvalue weighted by Gasteiger charge is -2.05. The smallest absolute Gasteiger partial charge is 0.119 e. The number of benzene rings is 1. The minimum atomic E-state index is -0.378. The fraction of sp³-hybridized carbons (Fsp3) is 0.333. The Labute approximate surface area is 76.6 Å². The quantitative estimate of drug-likeness (QED) is 0.576. The van der Waals surface area contributed by atoms with Gasteiger partial charge in [0.2, 0.25) is 0 Å². The molecule has 1 rings (SSSR count). The molecule has 2 nitrogen and oxygen atoms in total. The minimum absolute atomic E-state index is 0.378. The summed E-state index contributed by atoms with van der Waals surface area (Å²) in [5, 5.41) is 9.09. The normalized spacial score (nSPS) is 12.6. The van der Waals surface area contributed by atoms with Crippen molar-refractivity contribution < 1.29 is 9.84 Å². The van der Waals surface area contributed by atoms with Crippen molar-refractivity contribution in [3.8, 4) is 5.75 Å². The second-order valence-electron chi connectivity index (χ2n) is 2.40. The summed E-state index contributed by atoms with van der Waals surface area (Å²) in [6, 6.07) is 7.63. The molecule has 0 amide bonds. The van der Waals surface area contributed by atoms with Crippen molar-refractivity contribution in [3.05, 3.63) is 24.3 Å². The number of aliphatic hydroxyl groups is 1. The van der Waals surface area contributed by atoms with E-state index in [2.05, 4.69) is 0 Å². The number of methoxy groups -OCH3 is 1. The van der Waals surface area contributed by atoms with Crippen LogP contribution in [0.2, 0.25) is 0 Å². The van der Waals surface area contributed by atoms with Gasteiger partial charge in [-0.2, -0.15) is 0 Å². The largest absolute Gasteiger partial charge is 0.497 e. The molecule has 1 aromatic rings. The molecule has 0 unspecified atom stereocenters. The predicted octanol–water partition coefficient (Wildman–Crippen LogP) is 2.13. The van der Waals surface area contributed by atoms with Crippen LogP contribution in [0.4, 0.5) is 0 Å². The highest BCUT2D eigenvalue weighted by Crippen LogP contribution is 2.24. The number of rotatable bonds is 3. The summed E-state index contributed by atoms with van der Waals surface area (Å²) in [7, 11) is 1.63. The number of hydrogen-bond donors (Lipinski definition) is 1. The molecule has 1 N–H and O–H groups in total. The molecular formula is C9H12O2S. The molecule has 0 aromatic heterocycles. The van der Waals surface area contributed by atoms with Crippen molar-refractivity contribution in [1.82, 2.24) is 0 Å². The number of ether oxygens (including phenoxy) is 1. The van der Waals surface area contributed by atoms with E-state index in [1.165, 1.54) is 11.8 Å². The summed E-state index contributed by atoms with van der Waals surface area (Å²) in [5.74, 6) is 0.820. The monoisotopic (exact) mass is 184 g/mol. The molecule has 0 radical (unpaired) electrons. The van der Waals surface area contributed by atoms with Crippen molar-refractivity contribution >= 4 is 11.8 Å². The highest BCUT2D eigenvalue weighted by molar-refractivity contribution is 7.99. The van der Waals surface area contributed by atoms with Gasteiger partial charge in [0, 0.05) is 4.90 Å². The van der Waals surface area contributed by atoms with Crippen molar-refractivity contribution in [3.63, 3.8) is 0 Å². The van der Waals surface area contributed by atoms with Crippen LogP contribution in [0.15, 0.2) is 29.2 Å². The Morgan fingerprint density at radius 1 is 1.50 bits per heavy atom. The van der Waals surface area contributed by atoms with E-state index in [1.54, 1.807) is 14.0 Å². The molecule has 0 aliphatic rings. The zero-order chi connectivity index (χ0) is 8.97. The van der Waals surface area contributed by atoms with Crippen molar-refractivity contribution in [2.45, 2.75) is 17.3 Å². The van der Waals surface area contributed by atoms with Gasteiger partial charge in [0.25, 0.3) is 0 Å². The van der Waals surface area contributed by atoms with E-state index in [-0.39, 0.29) is 5.44 Å². The Hall–Kier alpha value is -0.670. The van der Waals surface area contributed by atoms with Crippen LogP contribution in [-0.4, -0.2) is 17.7 Å². The van der Waals surface area contributed by atoms with Gasteiger partial charge in [-0.1, -0.05) is 17.8 Å². The summed E-state index contributed by atoms with van der Waals surface area (Å²) < 4.78 is 5.04. The maximum atomic E-state index is 9.09. The maximum absolute atomic E-state index is 9.09. The fourth-order valence-electron chi connectivity index (χ4n) is 0.871. The summed E-state index contributed by atoms with van der Waals surface area (Å²) in [4.78, 5) is 1.02. The van der Waals surface area contributed by atoms with Crippen LogP contribution in [0.1, 0.15) is 6.92 Å². The molecule has 0 spiro atoms. The average molecular weight is 184 g/mol. The Kier molecular flexibility index (Phi) is 3.44. The van der Waals surface area contributed by atoms with Gasteiger partial charge in [0.1, 0.15) is 11.2 Å². The van der Waals surface area contributed by atoms with Gasteiger partial charge in [-0.05, 0) is 25.1 Å². The molecule has 0 saturated heterocycles. The molecule has 0 aliphatic heterocycles. The van der Waals surface area contributed by atoms with Crippen molar-refractivity contribution in [1.29, 1.82) is 0 Å². The number of hydrogen-bond acceptors (Lipinski definition) is 3. The summed E-state index contributed by atoms with van der Waals surface area (Å²) in [6.45, 7) is 1.74. The first-order valence-corrected chi connectivity index (χ1v) is 4.59.